The van der Waals surface area contributed by atoms with Gasteiger partial charge in [0.1, 0.15) is 61.4 Å². The van der Waals surface area contributed by atoms with Crippen LogP contribution in [0.5, 0.6) is 0 Å². The molecule has 4 rings (SSSR count). The van der Waals surface area contributed by atoms with E-state index < -0.39 is 95.9 Å². The normalized spacial score (nSPS) is 29.0. The van der Waals surface area contributed by atoms with Crippen molar-refractivity contribution >= 4 is 27.3 Å². The second-order valence-electron chi connectivity index (χ2n) is 11.6. The Morgan fingerprint density at radius 3 is 1.62 bits per heavy atom. The number of nitrogens with two attached hydrogens (primary N) is 2. The molecule has 0 amide bonds. The Bertz CT molecular complexity index is 1530. The number of aliphatic hydroxyl groups is 4. The predicted octanol–water partition coefficient (Wildman–Crippen LogP) is -6.74. The zero-order valence-electron chi connectivity index (χ0n) is 26.3. The standard InChI is InChI=1S/C23H37N7O15P2.Na/c1-30(2,3)8-9-40-46(37,38)45-47(39,41-10-12-16(31)18(33)20(43-12)28-6-4-14(24)26-22(28)35)42-11-13-17(32)19(34)21(44-13)29-7-5-15(25)27-23(29)36;/h4-7,12-13,16-21,31-34H,8-11H2,1-3H3,(H4-,24,25,26,27,35,36,37,38);/q;+1/t12-,13-,16-,17-,18-,19-,20-,21-;/m1./s1. The molecule has 0 radical (unpaired) electrons. The van der Waals surface area contributed by atoms with Gasteiger partial charge in [-0.3, -0.25) is 22.7 Å². The number of likely N-dealkylation sites (N-methyl/N-ethyl adjacent to an activating group) is 1. The summed E-state index contributed by atoms with van der Waals surface area (Å²) in [7, 11) is -5.45. The van der Waals surface area contributed by atoms with Gasteiger partial charge >= 0.3 is 48.8 Å². The molecule has 2 aromatic heterocycles. The Hall–Kier alpha value is -1.66. The number of ether oxygens (including phenoxy) is 2. The summed E-state index contributed by atoms with van der Waals surface area (Å²) in [5.41, 5.74) is 9.10. The van der Waals surface area contributed by atoms with Crippen LogP contribution in [0.15, 0.2) is 34.1 Å². The van der Waals surface area contributed by atoms with E-state index in [0.29, 0.717) is 4.48 Å². The van der Waals surface area contributed by atoms with Crippen LogP contribution < -0.4 is 57.3 Å². The number of aromatic nitrogens is 4. The average molecular weight is 737 g/mol. The van der Waals surface area contributed by atoms with Crippen molar-refractivity contribution in [2.45, 2.75) is 49.1 Å². The molecule has 4 heterocycles. The van der Waals surface area contributed by atoms with Gasteiger partial charge in [0.2, 0.25) is 0 Å². The SMILES string of the molecule is C[N+](C)(C)CCOP(=O)([O-])OP(=O)(OC[C@H]1O[C@@H](n2ccc(N)nc2=O)[C@H](O)[C@@H]1O)OC[C@H]1O[C@@H](n2ccc(N)nc2=O)[C@H](O)[C@@H]1O.[Na+]. The van der Waals surface area contributed by atoms with E-state index in [1.54, 1.807) is 21.1 Å². The maximum atomic E-state index is 13.7. The van der Waals surface area contributed by atoms with Gasteiger partial charge in [0.05, 0.1) is 34.4 Å². The maximum Gasteiger partial charge on any atom is 1.00 e. The van der Waals surface area contributed by atoms with E-state index in [1.165, 1.54) is 12.1 Å². The van der Waals surface area contributed by atoms with E-state index in [2.05, 4.69) is 9.97 Å². The first kappa shape index (κ1) is 40.8. The van der Waals surface area contributed by atoms with Gasteiger partial charge in [0.25, 0.3) is 7.82 Å². The van der Waals surface area contributed by atoms with Gasteiger partial charge in [-0.25, -0.2) is 18.5 Å². The van der Waals surface area contributed by atoms with Crippen LogP contribution in [-0.2, 0) is 36.5 Å². The summed E-state index contributed by atoms with van der Waals surface area (Å²) in [6.45, 7) is -2.08. The molecule has 2 aromatic rings. The van der Waals surface area contributed by atoms with Crippen LogP contribution in [0.2, 0.25) is 0 Å². The van der Waals surface area contributed by atoms with Crippen molar-refractivity contribution in [3.05, 3.63) is 45.5 Å². The fraction of sp³-hybridized carbons (Fsp3) is 0.652. The van der Waals surface area contributed by atoms with Crippen molar-refractivity contribution in [3.63, 3.8) is 0 Å². The predicted molar refractivity (Wildman–Crippen MR) is 155 cm³/mol. The molecule has 0 spiro atoms. The number of anilines is 2. The Morgan fingerprint density at radius 1 is 0.833 bits per heavy atom. The summed E-state index contributed by atoms with van der Waals surface area (Å²) in [4.78, 5) is 44.2. The van der Waals surface area contributed by atoms with E-state index in [0.717, 1.165) is 21.5 Å². The Balaban J connectivity index is 0.00000625. The molecular weight excluding hydrogens is 699 g/mol. The molecule has 0 aliphatic carbocycles. The number of rotatable bonds is 14. The Kier molecular flexibility index (Phi) is 13.7. The fourth-order valence-corrected chi connectivity index (χ4v) is 7.00. The number of hydrogen-bond acceptors (Lipinski definition) is 19. The molecule has 22 nitrogen and oxygen atoms in total. The van der Waals surface area contributed by atoms with Crippen molar-refractivity contribution in [1.82, 2.24) is 19.1 Å². The maximum absolute atomic E-state index is 13.7. The molecule has 2 fully saturated rings. The minimum Gasteiger partial charge on any atom is -0.756 e. The fourth-order valence-electron chi connectivity index (χ4n) is 4.42. The third kappa shape index (κ3) is 10.2. The first-order chi connectivity index (χ1) is 21.8. The zero-order chi connectivity index (χ0) is 34.9. The van der Waals surface area contributed by atoms with E-state index in [-0.39, 0.29) is 47.7 Å². The number of quaternary nitrogens is 1. The second-order valence-corrected chi connectivity index (χ2v) is 14.8. The number of nitrogen functional groups attached to an aromatic ring is 2. The molecule has 0 bridgehead atoms. The number of hydrogen-bond donors (Lipinski definition) is 6. The quantitative estimate of drug-likeness (QED) is 0.0596. The third-order valence-electron chi connectivity index (χ3n) is 6.93. The molecule has 9 atom stereocenters. The van der Waals surface area contributed by atoms with E-state index in [1.807, 2.05) is 0 Å². The topological polar surface area (TPSA) is 315 Å². The zero-order valence-corrected chi connectivity index (χ0v) is 30.1. The second kappa shape index (κ2) is 16.1. The number of nitrogens with zero attached hydrogens (tertiary/aromatic N) is 5. The van der Waals surface area contributed by atoms with Gasteiger partial charge < -0.3 is 55.3 Å². The van der Waals surface area contributed by atoms with Crippen molar-refractivity contribution in [1.29, 1.82) is 0 Å². The van der Waals surface area contributed by atoms with Gasteiger partial charge in [0, 0.05) is 12.4 Å². The first-order valence-corrected chi connectivity index (χ1v) is 16.8. The van der Waals surface area contributed by atoms with Crippen LogP contribution in [0.25, 0.3) is 0 Å². The first-order valence-electron chi connectivity index (χ1n) is 13.9. The number of aliphatic hydroxyl groups excluding tert-OH is 4. The smallest absolute Gasteiger partial charge is 0.756 e. The minimum atomic E-state index is -5.43. The summed E-state index contributed by atoms with van der Waals surface area (Å²) in [6, 6.07) is 2.46. The van der Waals surface area contributed by atoms with E-state index >= 15 is 0 Å². The molecule has 2 aliphatic heterocycles. The molecule has 1 unspecified atom stereocenters. The van der Waals surface area contributed by atoms with E-state index in [4.69, 9.17) is 38.8 Å². The molecule has 48 heavy (non-hydrogen) atoms. The minimum absolute atomic E-state index is 0. The largest absolute Gasteiger partial charge is 1.00 e. The molecule has 8 N–H and O–H groups in total. The summed E-state index contributed by atoms with van der Waals surface area (Å²) >= 11 is 0. The summed E-state index contributed by atoms with van der Waals surface area (Å²) in [6.07, 6.45) is -10.8. The monoisotopic (exact) mass is 736 g/mol. The summed E-state index contributed by atoms with van der Waals surface area (Å²) in [5.74, 6) is -0.236. The Morgan fingerprint density at radius 2 is 1.25 bits per heavy atom. The van der Waals surface area contributed by atoms with Crippen molar-refractivity contribution in [3.8, 4) is 0 Å². The summed E-state index contributed by atoms with van der Waals surface area (Å²) in [5, 5.41) is 42.1. The van der Waals surface area contributed by atoms with Gasteiger partial charge in [-0.05, 0) is 12.1 Å². The van der Waals surface area contributed by atoms with Crippen LogP contribution in [0.3, 0.4) is 0 Å². The molecular formula is C23H37N7NaO15P2+. The van der Waals surface area contributed by atoms with Crippen LogP contribution in [-0.4, -0.2) is 128 Å². The average Bonchev–Trinajstić information content (AvgIpc) is 3.39. The summed E-state index contributed by atoms with van der Waals surface area (Å²) < 4.78 is 59.1. The molecule has 2 saturated heterocycles. The molecule has 264 valence electrons. The third-order valence-corrected chi connectivity index (χ3v) is 9.96. The number of phosphoric acid groups is 2. The van der Waals surface area contributed by atoms with Crippen LogP contribution >= 0.6 is 15.6 Å². The van der Waals surface area contributed by atoms with Crippen LogP contribution in [0.1, 0.15) is 12.5 Å². The van der Waals surface area contributed by atoms with E-state index in [9.17, 15) is 44.0 Å². The molecule has 0 saturated carbocycles. The van der Waals surface area contributed by atoms with Gasteiger partial charge in [0.15, 0.2) is 12.5 Å². The molecule has 2 aliphatic rings. The molecule has 25 heteroatoms. The van der Waals surface area contributed by atoms with Crippen molar-refractivity contribution < 1.29 is 95.8 Å². The number of phosphoric ester groups is 2. The van der Waals surface area contributed by atoms with Gasteiger partial charge in [-0.1, -0.05) is 0 Å². The van der Waals surface area contributed by atoms with Crippen LogP contribution in [0.4, 0.5) is 11.6 Å². The van der Waals surface area contributed by atoms with Crippen LogP contribution in [0, 0.1) is 0 Å². The van der Waals surface area contributed by atoms with Crippen molar-refractivity contribution in [2.24, 2.45) is 0 Å². The Labute approximate surface area is 294 Å². The molecule has 0 aromatic carbocycles. The van der Waals surface area contributed by atoms with Crippen molar-refractivity contribution in [2.75, 3.05) is 59.0 Å². The van der Waals surface area contributed by atoms with Gasteiger partial charge in [-0.2, -0.15) is 9.97 Å². The van der Waals surface area contributed by atoms with Gasteiger partial charge in [-0.15, -0.1) is 0 Å².